The monoisotopic (exact) mass is 368 g/mol. The highest BCUT2D eigenvalue weighted by Gasteiger charge is 2.39. The summed E-state index contributed by atoms with van der Waals surface area (Å²) >= 11 is 0. The molecule has 9 heteroatoms. The number of likely N-dealkylation sites (tertiary alicyclic amines) is 1. The van der Waals surface area contributed by atoms with Crippen LogP contribution in [0.1, 0.15) is 31.4 Å². The molecule has 2 fully saturated rings. The Morgan fingerprint density at radius 1 is 1.38 bits per heavy atom. The van der Waals surface area contributed by atoms with E-state index in [1.165, 1.54) is 25.3 Å². The van der Waals surface area contributed by atoms with E-state index in [0.717, 1.165) is 19.3 Å². The van der Waals surface area contributed by atoms with Crippen LogP contribution in [0.25, 0.3) is 0 Å². The fourth-order valence-electron chi connectivity index (χ4n) is 3.12. The summed E-state index contributed by atoms with van der Waals surface area (Å²) in [5, 5.41) is 4.62. The summed E-state index contributed by atoms with van der Waals surface area (Å²) < 4.78 is 33.3. The predicted molar refractivity (Wildman–Crippen MR) is 89.0 cm³/mol. The maximum atomic E-state index is 14.2. The summed E-state index contributed by atoms with van der Waals surface area (Å²) in [6.07, 6.45) is 3.59. The quantitative estimate of drug-likeness (QED) is 0.800. The molecule has 0 spiro atoms. The molecule has 26 heavy (non-hydrogen) atoms. The van der Waals surface area contributed by atoms with E-state index in [0.29, 0.717) is 13.0 Å². The number of hydrogen-bond donors (Lipinski definition) is 2. The molecule has 1 atom stereocenters. The van der Waals surface area contributed by atoms with Gasteiger partial charge in [0.1, 0.15) is 11.7 Å². The first kappa shape index (κ1) is 18.3. The van der Waals surface area contributed by atoms with Crippen LogP contribution in [0.4, 0.5) is 13.6 Å². The topological polar surface area (TPSA) is 83.6 Å². The van der Waals surface area contributed by atoms with Gasteiger partial charge in [0.25, 0.3) is 0 Å². The van der Waals surface area contributed by atoms with Crippen LogP contribution >= 0.6 is 0 Å². The van der Waals surface area contributed by atoms with Gasteiger partial charge in [0, 0.05) is 18.7 Å². The number of pyridine rings is 1. The number of rotatable bonds is 6. The van der Waals surface area contributed by atoms with Gasteiger partial charge in [0.2, 0.25) is 11.8 Å². The van der Waals surface area contributed by atoms with Crippen molar-refractivity contribution in [1.29, 1.82) is 0 Å². The molecule has 1 aliphatic heterocycles. The molecule has 3 amide bonds. The van der Waals surface area contributed by atoms with Crippen LogP contribution in [0, 0.1) is 0 Å². The highest BCUT2D eigenvalue weighted by Crippen LogP contribution is 2.29. The Balaban J connectivity index is 1.51. The van der Waals surface area contributed by atoms with Crippen LogP contribution in [0.5, 0.6) is 5.88 Å². The first-order valence-electron chi connectivity index (χ1n) is 8.65. The van der Waals surface area contributed by atoms with E-state index in [-0.39, 0.29) is 17.8 Å². The summed E-state index contributed by atoms with van der Waals surface area (Å²) in [4.78, 5) is 29.7. The van der Waals surface area contributed by atoms with Gasteiger partial charge in [0.05, 0.1) is 13.7 Å². The molecule has 0 bridgehead atoms. The Kier molecular flexibility index (Phi) is 5.24. The Morgan fingerprint density at radius 2 is 2.15 bits per heavy atom. The normalized spacial score (nSPS) is 20.7. The maximum Gasteiger partial charge on any atom is 0.315 e. The first-order chi connectivity index (χ1) is 12.4. The third-order valence-corrected chi connectivity index (χ3v) is 4.84. The summed E-state index contributed by atoms with van der Waals surface area (Å²) in [5.74, 6) is -3.42. The molecule has 1 unspecified atom stereocenters. The summed E-state index contributed by atoms with van der Waals surface area (Å²) in [7, 11) is 1.33. The van der Waals surface area contributed by atoms with Gasteiger partial charge in [-0.05, 0) is 31.7 Å². The number of alkyl halides is 2. The molecule has 0 radical (unpaired) electrons. The van der Waals surface area contributed by atoms with Crippen molar-refractivity contribution in [1.82, 2.24) is 20.5 Å². The van der Waals surface area contributed by atoms with Crippen LogP contribution in [-0.4, -0.2) is 54.1 Å². The minimum atomic E-state index is -3.36. The second kappa shape index (κ2) is 7.43. The van der Waals surface area contributed by atoms with E-state index in [1.54, 1.807) is 4.90 Å². The van der Waals surface area contributed by atoms with Crippen LogP contribution in [0.2, 0.25) is 0 Å². The number of amides is 3. The molecule has 2 N–H and O–H groups in total. The van der Waals surface area contributed by atoms with Gasteiger partial charge in [-0.25, -0.2) is 9.78 Å². The van der Waals surface area contributed by atoms with Crippen molar-refractivity contribution in [2.75, 3.05) is 20.2 Å². The zero-order chi connectivity index (χ0) is 18.7. The molecule has 1 aliphatic carbocycles. The first-order valence-corrected chi connectivity index (χ1v) is 8.65. The number of halogens is 2. The molecule has 2 aliphatic rings. The zero-order valence-corrected chi connectivity index (χ0v) is 14.5. The molecule has 0 aromatic carbocycles. The number of methoxy groups -OCH3 is 1. The minimum absolute atomic E-state index is 0.0688. The SMILES string of the molecule is COc1cccc(C(F)(F)CNC(=O)NC2CCN(C3CCC3)C2=O)n1. The van der Waals surface area contributed by atoms with Crippen LogP contribution in [-0.2, 0) is 10.7 Å². The van der Waals surface area contributed by atoms with Crippen molar-refractivity contribution in [2.45, 2.75) is 43.7 Å². The van der Waals surface area contributed by atoms with Gasteiger partial charge >= 0.3 is 12.0 Å². The molecule has 1 aromatic rings. The van der Waals surface area contributed by atoms with E-state index in [1.807, 2.05) is 0 Å². The minimum Gasteiger partial charge on any atom is -0.481 e. The van der Waals surface area contributed by atoms with E-state index < -0.39 is 30.2 Å². The molecule has 7 nitrogen and oxygen atoms in total. The second-order valence-corrected chi connectivity index (χ2v) is 6.55. The molecule has 1 saturated carbocycles. The van der Waals surface area contributed by atoms with Gasteiger partial charge in [-0.1, -0.05) is 6.07 Å². The molecular weight excluding hydrogens is 346 g/mol. The Labute approximate surface area is 150 Å². The Bertz CT molecular complexity index is 682. The van der Waals surface area contributed by atoms with Crippen molar-refractivity contribution in [3.63, 3.8) is 0 Å². The van der Waals surface area contributed by atoms with Crippen molar-refractivity contribution in [3.05, 3.63) is 23.9 Å². The third-order valence-electron chi connectivity index (χ3n) is 4.84. The van der Waals surface area contributed by atoms with E-state index >= 15 is 0 Å². The largest absolute Gasteiger partial charge is 0.481 e. The van der Waals surface area contributed by atoms with Gasteiger partial charge in [0.15, 0.2) is 0 Å². The van der Waals surface area contributed by atoms with Gasteiger partial charge < -0.3 is 20.3 Å². The molecule has 2 heterocycles. The number of ether oxygens (including phenoxy) is 1. The number of carbonyl (C=O) groups excluding carboxylic acids is 2. The van der Waals surface area contributed by atoms with Crippen LogP contribution < -0.4 is 15.4 Å². The predicted octanol–water partition coefficient (Wildman–Crippen LogP) is 1.63. The number of nitrogens with zero attached hydrogens (tertiary/aromatic N) is 2. The van der Waals surface area contributed by atoms with E-state index in [9.17, 15) is 18.4 Å². The van der Waals surface area contributed by atoms with Gasteiger partial charge in [-0.3, -0.25) is 4.79 Å². The number of carbonyl (C=O) groups is 2. The lowest BCUT2D eigenvalue weighted by Crippen LogP contribution is -2.50. The standard InChI is InChI=1S/C17H22F2N4O3/c1-26-14-7-3-6-13(22-14)17(18,19)10-20-16(25)21-12-8-9-23(15(12)24)11-4-2-5-11/h3,6-7,11-12H,2,4-5,8-10H2,1H3,(H2,20,21,25). The average molecular weight is 368 g/mol. The van der Waals surface area contributed by atoms with Crippen molar-refractivity contribution >= 4 is 11.9 Å². The van der Waals surface area contributed by atoms with E-state index in [2.05, 4.69) is 15.6 Å². The molecule has 3 rings (SSSR count). The number of aromatic nitrogens is 1. The van der Waals surface area contributed by atoms with Crippen LogP contribution in [0.3, 0.4) is 0 Å². The highest BCUT2D eigenvalue weighted by atomic mass is 19.3. The summed E-state index contributed by atoms with van der Waals surface area (Å²) in [5.41, 5.74) is -0.495. The smallest absolute Gasteiger partial charge is 0.315 e. The van der Waals surface area contributed by atoms with Crippen molar-refractivity contribution in [2.24, 2.45) is 0 Å². The number of nitrogens with one attached hydrogen (secondary N) is 2. The number of urea groups is 1. The van der Waals surface area contributed by atoms with Gasteiger partial charge in [-0.15, -0.1) is 0 Å². The van der Waals surface area contributed by atoms with Crippen molar-refractivity contribution < 1.29 is 23.1 Å². The van der Waals surface area contributed by atoms with Crippen LogP contribution in [0.15, 0.2) is 18.2 Å². The fraction of sp³-hybridized carbons (Fsp3) is 0.588. The second-order valence-electron chi connectivity index (χ2n) is 6.55. The number of hydrogen-bond acceptors (Lipinski definition) is 4. The zero-order valence-electron chi connectivity index (χ0n) is 14.5. The highest BCUT2D eigenvalue weighted by molar-refractivity contribution is 5.88. The molecule has 1 saturated heterocycles. The third kappa shape index (κ3) is 3.86. The van der Waals surface area contributed by atoms with E-state index in [4.69, 9.17) is 4.74 Å². The summed E-state index contributed by atoms with van der Waals surface area (Å²) in [6.45, 7) is -0.329. The Morgan fingerprint density at radius 3 is 2.81 bits per heavy atom. The summed E-state index contributed by atoms with van der Waals surface area (Å²) in [6, 6.07) is 2.85. The molecule has 1 aromatic heterocycles. The Hall–Kier alpha value is -2.45. The lowest BCUT2D eigenvalue weighted by atomic mass is 9.92. The molecular formula is C17H22F2N4O3. The lowest BCUT2D eigenvalue weighted by Gasteiger charge is -2.34. The molecule has 142 valence electrons. The lowest BCUT2D eigenvalue weighted by molar-refractivity contribution is -0.132. The maximum absolute atomic E-state index is 14.2. The van der Waals surface area contributed by atoms with Crippen molar-refractivity contribution in [3.8, 4) is 5.88 Å². The van der Waals surface area contributed by atoms with Gasteiger partial charge in [-0.2, -0.15) is 8.78 Å². The average Bonchev–Trinajstić information content (AvgIpc) is 2.93. The fourth-order valence-corrected chi connectivity index (χ4v) is 3.12.